The molecule has 0 aliphatic carbocycles. The van der Waals surface area contributed by atoms with Crippen LogP contribution in [-0.2, 0) is 18.7 Å². The highest BCUT2D eigenvalue weighted by Gasteiger charge is 2.32. The topological polar surface area (TPSA) is 178 Å². The summed E-state index contributed by atoms with van der Waals surface area (Å²) in [4.78, 5) is 45.8. The number of hydrogen-bond acceptors (Lipinski definition) is 7. The van der Waals surface area contributed by atoms with E-state index in [2.05, 4.69) is 20.1 Å². The van der Waals surface area contributed by atoms with E-state index in [-0.39, 0.29) is 34.9 Å². The number of nitrogens with zero attached hydrogens (tertiary/aromatic N) is 1. The van der Waals surface area contributed by atoms with Gasteiger partial charge in [0.15, 0.2) is 0 Å². The number of fused-ring (bicyclic) bond motifs is 1. The van der Waals surface area contributed by atoms with Gasteiger partial charge >= 0.3 is 13.8 Å². The van der Waals surface area contributed by atoms with Crippen LogP contribution in [0, 0.1) is 0 Å². The van der Waals surface area contributed by atoms with Crippen molar-refractivity contribution in [2.24, 2.45) is 4.99 Å². The van der Waals surface area contributed by atoms with Crippen molar-refractivity contribution in [3.8, 4) is 0 Å². The Kier molecular flexibility index (Phi) is 6.42. The van der Waals surface area contributed by atoms with Gasteiger partial charge in [-0.15, -0.1) is 0 Å². The molecular weight excluding hydrogens is 429 g/mol. The number of phosphoric ester groups is 1. The lowest BCUT2D eigenvalue weighted by Gasteiger charge is -2.19. The molecule has 3 rings (SSSR count). The van der Waals surface area contributed by atoms with Crippen LogP contribution in [0.3, 0.4) is 0 Å². The van der Waals surface area contributed by atoms with Gasteiger partial charge in [0.2, 0.25) is 5.91 Å². The van der Waals surface area contributed by atoms with Crippen LogP contribution in [0.15, 0.2) is 64.3 Å². The number of amides is 1. The van der Waals surface area contributed by atoms with E-state index in [0.29, 0.717) is 16.9 Å². The molecule has 1 aromatic carbocycles. The van der Waals surface area contributed by atoms with Crippen molar-refractivity contribution in [3.05, 3.63) is 64.8 Å². The summed E-state index contributed by atoms with van der Waals surface area (Å²) in [6.07, 6.45) is 2.23. The first kappa shape index (κ1) is 22.4. The first-order valence-electron chi connectivity index (χ1n) is 9.03. The number of aliphatic hydroxyl groups is 1. The normalized spacial score (nSPS) is 20.3. The molecule has 1 amide bonds. The minimum absolute atomic E-state index is 0.0275. The number of para-hydroxylation sites is 1. The van der Waals surface area contributed by atoms with Crippen LogP contribution in [0.2, 0.25) is 0 Å². The summed E-state index contributed by atoms with van der Waals surface area (Å²) in [6.45, 7) is 0.985. The number of benzene rings is 1. The largest absolute Gasteiger partial charge is 0.505 e. The smallest absolute Gasteiger partial charge is 0.469 e. The highest BCUT2D eigenvalue weighted by atomic mass is 31.2. The second-order valence-corrected chi connectivity index (χ2v) is 8.05. The van der Waals surface area contributed by atoms with Gasteiger partial charge in [-0.05, 0) is 18.6 Å². The first-order chi connectivity index (χ1) is 14.6. The highest BCUT2D eigenvalue weighted by molar-refractivity contribution is 7.46. The molecule has 0 spiro atoms. The molecule has 0 saturated carbocycles. The van der Waals surface area contributed by atoms with Crippen LogP contribution in [0.4, 0.5) is 5.69 Å². The van der Waals surface area contributed by atoms with Gasteiger partial charge < -0.3 is 30.6 Å². The van der Waals surface area contributed by atoms with Crippen LogP contribution >= 0.6 is 7.82 Å². The van der Waals surface area contributed by atoms with E-state index in [4.69, 9.17) is 9.79 Å². The fourth-order valence-electron chi connectivity index (χ4n) is 3.12. The predicted octanol–water partition coefficient (Wildman–Crippen LogP) is 1.91. The molecule has 164 valence electrons. The molecule has 1 aromatic rings. The summed E-state index contributed by atoms with van der Waals surface area (Å²) in [5, 5.41) is 25.3. The summed E-state index contributed by atoms with van der Waals surface area (Å²) in [5.74, 6) is -2.72. The summed E-state index contributed by atoms with van der Waals surface area (Å²) in [7, 11) is -4.77. The van der Waals surface area contributed by atoms with Crippen LogP contribution in [0.25, 0.3) is 0 Å². The molecule has 0 saturated heterocycles. The number of dihydropyridines is 1. The maximum Gasteiger partial charge on any atom is 0.469 e. The lowest BCUT2D eigenvalue weighted by atomic mass is 9.94. The number of carboxylic acids is 1. The molecule has 2 aliphatic rings. The van der Waals surface area contributed by atoms with Crippen molar-refractivity contribution >= 4 is 31.1 Å². The van der Waals surface area contributed by atoms with E-state index < -0.39 is 26.3 Å². The zero-order valence-electron chi connectivity index (χ0n) is 16.3. The number of aliphatic hydroxyl groups excluding tert-OH is 1. The Morgan fingerprint density at radius 2 is 2.03 bits per heavy atom. The third-order valence-corrected chi connectivity index (χ3v) is 5.18. The van der Waals surface area contributed by atoms with Gasteiger partial charge in [0.1, 0.15) is 11.5 Å². The van der Waals surface area contributed by atoms with Gasteiger partial charge in [-0.2, -0.15) is 0 Å². The minimum Gasteiger partial charge on any atom is -0.505 e. The van der Waals surface area contributed by atoms with Gasteiger partial charge in [-0.3, -0.25) is 14.3 Å². The highest BCUT2D eigenvalue weighted by Crippen LogP contribution is 2.38. The van der Waals surface area contributed by atoms with Gasteiger partial charge in [-0.1, -0.05) is 18.2 Å². The molecule has 0 aromatic heterocycles. The zero-order valence-corrected chi connectivity index (χ0v) is 17.2. The number of hydrogen-bond donors (Lipinski definition) is 6. The fraction of sp³-hybridized carbons (Fsp3) is 0.211. The second-order valence-electron chi connectivity index (χ2n) is 6.81. The number of phosphoric acid groups is 1. The third kappa shape index (κ3) is 5.28. The van der Waals surface area contributed by atoms with Crippen molar-refractivity contribution < 1.29 is 38.7 Å². The zero-order chi connectivity index (χ0) is 22.8. The quantitative estimate of drug-likeness (QED) is 0.268. The number of anilines is 1. The number of allylic oxidation sites excluding steroid dienone is 2. The van der Waals surface area contributed by atoms with Gasteiger partial charge in [0.05, 0.1) is 18.2 Å². The second kappa shape index (κ2) is 8.86. The molecule has 0 unspecified atom stereocenters. The Labute approximate surface area is 176 Å². The van der Waals surface area contributed by atoms with Crippen molar-refractivity contribution in [3.63, 3.8) is 0 Å². The molecule has 2 aliphatic heterocycles. The van der Waals surface area contributed by atoms with Crippen molar-refractivity contribution in [2.45, 2.75) is 19.3 Å². The maximum atomic E-state index is 12.3. The van der Waals surface area contributed by atoms with Crippen LogP contribution in [0.1, 0.15) is 24.8 Å². The molecule has 11 nitrogen and oxygen atoms in total. The molecule has 6 N–H and O–H groups in total. The summed E-state index contributed by atoms with van der Waals surface area (Å²) < 4.78 is 15.5. The molecule has 0 radical (unpaired) electrons. The molecule has 2 heterocycles. The van der Waals surface area contributed by atoms with E-state index in [0.717, 1.165) is 6.20 Å². The standard InChI is InChI=1S/C19H20N3O8P/c1-10-17(23)14(11(7-20-10)9-30-31(27,28)29)8-21-16(19(25)26)6-13-12-4-2-3-5-15(12)22-18(13)24/h2-5,7-8,13,20,23H,6,9H2,1H3,(H,22,24)(H,25,26)(H2,27,28,29)/b14-8-,21-16?/t13-/m1/s1. The van der Waals surface area contributed by atoms with Crippen molar-refractivity contribution in [1.29, 1.82) is 0 Å². The number of carbonyl (C=O) groups is 2. The van der Waals surface area contributed by atoms with Crippen molar-refractivity contribution in [1.82, 2.24) is 5.32 Å². The third-order valence-electron chi connectivity index (χ3n) is 4.71. The van der Waals surface area contributed by atoms with Crippen molar-refractivity contribution in [2.75, 3.05) is 11.9 Å². The van der Waals surface area contributed by atoms with Crippen LogP contribution < -0.4 is 10.6 Å². The van der Waals surface area contributed by atoms with E-state index in [1.165, 1.54) is 6.20 Å². The van der Waals surface area contributed by atoms with Crippen LogP contribution in [0.5, 0.6) is 0 Å². The molecule has 1 atom stereocenters. The predicted molar refractivity (Wildman–Crippen MR) is 110 cm³/mol. The summed E-state index contributed by atoms with van der Waals surface area (Å²) >= 11 is 0. The van der Waals surface area contributed by atoms with Crippen LogP contribution in [-0.4, -0.2) is 44.2 Å². The summed E-state index contributed by atoms with van der Waals surface area (Å²) in [5.41, 5.74) is 1.43. The molecule has 0 fully saturated rings. The van der Waals surface area contributed by atoms with E-state index >= 15 is 0 Å². The van der Waals surface area contributed by atoms with Gasteiger partial charge in [-0.25, -0.2) is 9.36 Å². The van der Waals surface area contributed by atoms with Gasteiger partial charge in [0, 0.05) is 35.7 Å². The Bertz CT molecular complexity index is 1100. The molecule has 0 bridgehead atoms. The Morgan fingerprint density at radius 1 is 1.32 bits per heavy atom. The number of carboxylic acid groups (broad SMARTS) is 1. The number of nitrogens with one attached hydrogen (secondary N) is 2. The molecule has 12 heteroatoms. The fourth-order valence-corrected chi connectivity index (χ4v) is 3.43. The summed E-state index contributed by atoms with van der Waals surface area (Å²) in [6, 6.07) is 6.93. The number of rotatable bonds is 7. The maximum absolute atomic E-state index is 12.3. The lowest BCUT2D eigenvalue weighted by Crippen LogP contribution is -2.21. The lowest BCUT2D eigenvalue weighted by molar-refractivity contribution is -0.129. The Morgan fingerprint density at radius 3 is 2.71 bits per heavy atom. The Hall–Kier alpha value is -3.24. The number of aliphatic imine (C=N–C) groups is 1. The van der Waals surface area contributed by atoms with E-state index in [1.54, 1.807) is 31.2 Å². The SMILES string of the molecule is CC1=C(O)/C(=C\N=C(C[C@H]2C(=O)Nc3ccccc32)C(=O)O)C(COP(=O)(O)O)=CN1. The number of aliphatic carboxylic acids is 1. The minimum atomic E-state index is -4.77. The van der Waals surface area contributed by atoms with E-state index in [1.807, 2.05) is 0 Å². The Balaban J connectivity index is 1.90. The monoisotopic (exact) mass is 449 g/mol. The average molecular weight is 449 g/mol. The average Bonchev–Trinajstić information content (AvgIpc) is 3.01. The molecular formula is C19H20N3O8P. The van der Waals surface area contributed by atoms with E-state index in [9.17, 15) is 24.4 Å². The molecule has 31 heavy (non-hydrogen) atoms. The first-order valence-corrected chi connectivity index (χ1v) is 10.6. The van der Waals surface area contributed by atoms with Gasteiger partial charge in [0.25, 0.3) is 0 Å². The number of carbonyl (C=O) groups excluding carboxylic acids is 1.